The topological polar surface area (TPSA) is 111 Å². The number of carbonyl (C=O) groups excluding carboxylic acids is 1. The molecule has 7 heteroatoms. The predicted molar refractivity (Wildman–Crippen MR) is 150 cm³/mol. The number of amides is 1. The summed E-state index contributed by atoms with van der Waals surface area (Å²) in [6.07, 6.45) is 13.5. The van der Waals surface area contributed by atoms with Crippen LogP contribution in [0.1, 0.15) is 97.8 Å². The molecule has 0 aromatic carbocycles. The van der Waals surface area contributed by atoms with Crippen molar-refractivity contribution >= 4 is 18.2 Å². The number of carboxylic acid groups (broad SMARTS) is 1. The molecule has 214 valence electrons. The van der Waals surface area contributed by atoms with Crippen LogP contribution in [0.2, 0.25) is 0 Å². The molecule has 7 nitrogen and oxygen atoms in total. The van der Waals surface area contributed by atoms with Gasteiger partial charge in [0.25, 0.3) is 0 Å². The number of aliphatic imine (C=N–C) groups is 1. The van der Waals surface area contributed by atoms with E-state index in [2.05, 4.69) is 43.0 Å². The minimum Gasteiger partial charge on any atom is -0.480 e. The molecule has 1 amide bonds. The van der Waals surface area contributed by atoms with Gasteiger partial charge in [0.15, 0.2) is 0 Å². The van der Waals surface area contributed by atoms with Crippen LogP contribution in [0.4, 0.5) is 0 Å². The van der Waals surface area contributed by atoms with E-state index in [1.807, 2.05) is 0 Å². The third-order valence-electron chi connectivity index (χ3n) is 11.7. The van der Waals surface area contributed by atoms with Crippen molar-refractivity contribution in [2.24, 2.45) is 51.3 Å². The second-order valence-electron chi connectivity index (χ2n) is 13.6. The van der Waals surface area contributed by atoms with Crippen molar-refractivity contribution in [2.75, 3.05) is 7.05 Å². The number of rotatable bonds is 10. The van der Waals surface area contributed by atoms with Gasteiger partial charge in [0, 0.05) is 25.6 Å². The lowest BCUT2D eigenvalue weighted by molar-refractivity contribution is -0.141. The molecule has 10 atom stereocenters. The summed E-state index contributed by atoms with van der Waals surface area (Å²) < 4.78 is 0. The van der Waals surface area contributed by atoms with Gasteiger partial charge in [-0.3, -0.25) is 9.79 Å². The largest absolute Gasteiger partial charge is 0.480 e. The average Bonchev–Trinajstić information content (AvgIpc) is 3.23. The minimum absolute atomic E-state index is 0.0934. The normalized spacial score (nSPS) is 39.9. The summed E-state index contributed by atoms with van der Waals surface area (Å²) in [5.41, 5.74) is 1.24. The summed E-state index contributed by atoms with van der Waals surface area (Å²) in [5.74, 6) is 2.87. The molecule has 4 N–H and O–H groups in total. The van der Waals surface area contributed by atoms with Crippen molar-refractivity contribution in [3.63, 3.8) is 0 Å². The molecular formula is C31H51N3O4. The van der Waals surface area contributed by atoms with Gasteiger partial charge in [-0.05, 0) is 111 Å². The van der Waals surface area contributed by atoms with Crippen LogP contribution >= 0.6 is 0 Å². The molecule has 0 bridgehead atoms. The Morgan fingerprint density at radius 1 is 1.08 bits per heavy atom. The third kappa shape index (κ3) is 5.68. The maximum atomic E-state index is 12.7. The first-order valence-corrected chi connectivity index (χ1v) is 15.0. The molecule has 38 heavy (non-hydrogen) atoms. The zero-order chi connectivity index (χ0) is 27.7. The Morgan fingerprint density at radius 2 is 1.79 bits per heavy atom. The second-order valence-corrected chi connectivity index (χ2v) is 13.6. The lowest BCUT2D eigenvalue weighted by Gasteiger charge is -2.61. The third-order valence-corrected chi connectivity index (χ3v) is 11.7. The van der Waals surface area contributed by atoms with Crippen LogP contribution in [0.15, 0.2) is 17.3 Å². The van der Waals surface area contributed by atoms with Gasteiger partial charge in [0.05, 0.1) is 12.4 Å². The summed E-state index contributed by atoms with van der Waals surface area (Å²) in [4.78, 5) is 28.3. The maximum absolute atomic E-state index is 12.7. The fraction of sp³-hybridized carbons (Fsp3) is 0.839. The van der Waals surface area contributed by atoms with Crippen molar-refractivity contribution in [2.45, 2.75) is 110 Å². The summed E-state index contributed by atoms with van der Waals surface area (Å²) in [7, 11) is 1.62. The number of hydrogen-bond acceptors (Lipinski definition) is 4. The SMILES string of the molecule is C=C(C[C@H](NC(=O)CC[C@@H](C)[C@H]1CC[C@H]2[C@@H]3CC[C@@H]4C[C@H](O)CC[C@]4(C)[C@H]3CC[C@]12C)C(=O)O)NC=NC. The molecular weight excluding hydrogens is 478 g/mol. The molecule has 4 aliphatic carbocycles. The van der Waals surface area contributed by atoms with Crippen molar-refractivity contribution in [1.82, 2.24) is 10.6 Å². The van der Waals surface area contributed by atoms with Gasteiger partial charge in [0.1, 0.15) is 6.04 Å². The Balaban J connectivity index is 1.33. The fourth-order valence-electron chi connectivity index (χ4n) is 9.70. The average molecular weight is 530 g/mol. The predicted octanol–water partition coefficient (Wildman–Crippen LogP) is 5.14. The summed E-state index contributed by atoms with van der Waals surface area (Å²) in [6.45, 7) is 11.2. The highest BCUT2D eigenvalue weighted by atomic mass is 16.4. The molecule has 0 unspecified atom stereocenters. The van der Waals surface area contributed by atoms with E-state index < -0.39 is 12.0 Å². The fourth-order valence-corrected chi connectivity index (χ4v) is 9.70. The van der Waals surface area contributed by atoms with Gasteiger partial charge in [-0.2, -0.15) is 0 Å². The highest BCUT2D eigenvalue weighted by Crippen LogP contribution is 2.68. The number of fused-ring (bicyclic) bond motifs is 5. The Bertz CT molecular complexity index is 921. The molecule has 0 radical (unpaired) electrons. The Kier molecular flexibility index (Phi) is 8.95. The molecule has 0 spiro atoms. The van der Waals surface area contributed by atoms with Crippen LogP contribution in [0.25, 0.3) is 0 Å². The van der Waals surface area contributed by atoms with Gasteiger partial charge in [-0.25, -0.2) is 4.79 Å². The molecule has 0 heterocycles. The van der Waals surface area contributed by atoms with Gasteiger partial charge >= 0.3 is 5.97 Å². The van der Waals surface area contributed by atoms with E-state index in [-0.39, 0.29) is 18.4 Å². The van der Waals surface area contributed by atoms with E-state index in [4.69, 9.17) is 0 Å². The van der Waals surface area contributed by atoms with Gasteiger partial charge in [0.2, 0.25) is 5.91 Å². The standard InChI is InChI=1S/C31H51N3O4/c1-19(6-11-28(36)34-27(29(37)38)16-20(2)33-18-32-5)24-9-10-25-23-8-7-21-17-22(35)12-14-30(21,3)26(23)13-15-31(24,25)4/h18-19,21-27,35H,2,6-17H2,1,3-5H3,(H,32,33)(H,34,36)(H,37,38)/t19-,21-,22-,23+,24-,25+,26+,27+,30+,31-/m1/s1. The molecule has 4 aliphatic rings. The second kappa shape index (κ2) is 11.7. The van der Waals surface area contributed by atoms with E-state index in [0.717, 1.165) is 37.0 Å². The van der Waals surface area contributed by atoms with Gasteiger partial charge < -0.3 is 20.8 Å². The van der Waals surface area contributed by atoms with Crippen molar-refractivity contribution in [3.8, 4) is 0 Å². The Morgan fingerprint density at radius 3 is 2.50 bits per heavy atom. The van der Waals surface area contributed by atoms with Crippen LogP contribution in [0.5, 0.6) is 0 Å². The van der Waals surface area contributed by atoms with E-state index in [1.54, 1.807) is 7.05 Å². The lowest BCUT2D eigenvalue weighted by Crippen LogP contribution is -2.54. The number of aliphatic hydroxyl groups excluding tert-OH is 1. The molecule has 4 rings (SSSR count). The smallest absolute Gasteiger partial charge is 0.326 e. The van der Waals surface area contributed by atoms with E-state index in [1.165, 1.54) is 51.3 Å². The number of hydrogen-bond donors (Lipinski definition) is 4. The van der Waals surface area contributed by atoms with Gasteiger partial charge in [-0.15, -0.1) is 0 Å². The Labute approximate surface area is 229 Å². The zero-order valence-corrected chi connectivity index (χ0v) is 24.0. The van der Waals surface area contributed by atoms with Crippen LogP contribution < -0.4 is 10.6 Å². The van der Waals surface area contributed by atoms with Crippen molar-refractivity contribution < 1.29 is 19.8 Å². The molecule has 0 aromatic heterocycles. The first-order valence-electron chi connectivity index (χ1n) is 15.0. The number of carbonyl (C=O) groups is 2. The van der Waals surface area contributed by atoms with E-state index in [0.29, 0.717) is 40.7 Å². The molecule has 0 saturated heterocycles. The lowest BCUT2D eigenvalue weighted by atomic mass is 9.44. The van der Waals surface area contributed by atoms with Crippen molar-refractivity contribution in [1.29, 1.82) is 0 Å². The monoisotopic (exact) mass is 529 g/mol. The van der Waals surface area contributed by atoms with E-state index >= 15 is 0 Å². The van der Waals surface area contributed by atoms with E-state index in [9.17, 15) is 19.8 Å². The Hall–Kier alpha value is -1.89. The van der Waals surface area contributed by atoms with Crippen LogP contribution in [0, 0.1) is 46.3 Å². The number of aliphatic carboxylic acids is 1. The molecule has 4 saturated carbocycles. The number of nitrogens with one attached hydrogen (secondary N) is 2. The van der Waals surface area contributed by atoms with Gasteiger partial charge in [-0.1, -0.05) is 27.4 Å². The highest BCUT2D eigenvalue weighted by molar-refractivity contribution is 5.83. The van der Waals surface area contributed by atoms with Crippen LogP contribution in [-0.4, -0.2) is 47.6 Å². The molecule has 0 aromatic rings. The summed E-state index contributed by atoms with van der Waals surface area (Å²) in [6, 6.07) is -0.996. The highest BCUT2D eigenvalue weighted by Gasteiger charge is 2.60. The quantitative estimate of drug-likeness (QED) is 0.231. The molecule has 0 aliphatic heterocycles. The molecule has 4 fully saturated rings. The van der Waals surface area contributed by atoms with Crippen molar-refractivity contribution in [3.05, 3.63) is 12.3 Å². The zero-order valence-electron chi connectivity index (χ0n) is 24.0. The first-order chi connectivity index (χ1) is 18.0. The maximum Gasteiger partial charge on any atom is 0.326 e. The minimum atomic E-state index is -1.05. The van der Waals surface area contributed by atoms with Crippen LogP contribution in [-0.2, 0) is 9.59 Å². The number of nitrogens with zero attached hydrogens (tertiary/aromatic N) is 1. The summed E-state index contributed by atoms with van der Waals surface area (Å²) in [5, 5.41) is 25.4. The summed E-state index contributed by atoms with van der Waals surface area (Å²) >= 11 is 0. The number of carboxylic acids is 1. The first kappa shape index (κ1) is 29.1. The van der Waals surface area contributed by atoms with Crippen LogP contribution in [0.3, 0.4) is 0 Å². The number of aliphatic hydroxyl groups is 1.